The summed E-state index contributed by atoms with van der Waals surface area (Å²) < 4.78 is 5.51. The second-order valence-electron chi connectivity index (χ2n) is 4.26. The summed E-state index contributed by atoms with van der Waals surface area (Å²) in [6.07, 6.45) is 3.78. The molecule has 82 valence electrons. The molecule has 0 aromatic rings. The lowest BCUT2D eigenvalue weighted by Crippen LogP contribution is -2.40. The molecule has 2 unspecified atom stereocenters. The molecule has 1 saturated heterocycles. The van der Waals surface area contributed by atoms with Gasteiger partial charge in [0.05, 0.1) is 11.5 Å². The zero-order valence-electron chi connectivity index (χ0n) is 8.66. The van der Waals surface area contributed by atoms with Crippen LogP contribution >= 0.6 is 0 Å². The third kappa shape index (κ3) is 2.69. The van der Waals surface area contributed by atoms with E-state index in [1.807, 2.05) is 0 Å². The molecule has 1 aliphatic heterocycles. The fraction of sp³-hybridized carbons (Fsp3) is 0.900. The first-order valence-corrected chi connectivity index (χ1v) is 5.13. The number of nitrogens with two attached hydrogens (primary N) is 1. The Morgan fingerprint density at radius 1 is 1.64 bits per heavy atom. The van der Waals surface area contributed by atoms with E-state index in [4.69, 9.17) is 15.6 Å². The average molecular weight is 201 g/mol. The molecule has 0 aromatic heterocycles. The lowest BCUT2D eigenvalue weighted by Gasteiger charge is -2.30. The number of carboxylic acids is 1. The van der Waals surface area contributed by atoms with Crippen LogP contribution in [0.3, 0.4) is 0 Å². The van der Waals surface area contributed by atoms with Crippen molar-refractivity contribution in [2.75, 3.05) is 13.2 Å². The third-order valence-corrected chi connectivity index (χ3v) is 2.92. The van der Waals surface area contributed by atoms with Crippen LogP contribution in [-0.4, -0.2) is 30.3 Å². The van der Waals surface area contributed by atoms with Gasteiger partial charge in [0.25, 0.3) is 0 Å². The van der Waals surface area contributed by atoms with Crippen LogP contribution in [-0.2, 0) is 9.53 Å². The molecule has 14 heavy (non-hydrogen) atoms. The van der Waals surface area contributed by atoms with E-state index in [-0.39, 0.29) is 12.6 Å². The molecular weight excluding hydrogens is 182 g/mol. The summed E-state index contributed by atoms with van der Waals surface area (Å²) in [4.78, 5) is 11.0. The summed E-state index contributed by atoms with van der Waals surface area (Å²) in [5.41, 5.74) is 4.66. The van der Waals surface area contributed by atoms with Gasteiger partial charge in [0.2, 0.25) is 0 Å². The Labute approximate surface area is 84.4 Å². The molecule has 1 heterocycles. The summed E-state index contributed by atoms with van der Waals surface area (Å²) in [6.45, 7) is 2.61. The first-order valence-electron chi connectivity index (χ1n) is 5.13. The highest BCUT2D eigenvalue weighted by molar-refractivity contribution is 5.74. The van der Waals surface area contributed by atoms with Crippen LogP contribution < -0.4 is 5.73 Å². The first kappa shape index (κ1) is 11.5. The second-order valence-corrected chi connectivity index (χ2v) is 4.26. The third-order valence-electron chi connectivity index (χ3n) is 2.92. The summed E-state index contributed by atoms with van der Waals surface area (Å²) in [5, 5.41) is 9.03. The average Bonchev–Trinajstić information content (AvgIpc) is 2.19. The van der Waals surface area contributed by atoms with E-state index in [0.717, 1.165) is 25.9 Å². The fourth-order valence-electron chi connectivity index (χ4n) is 1.73. The standard InChI is InChI=1S/C10H19NO3/c1-10(7-11,9(12)13)6-8-4-2-3-5-14-8/h8H,2-7,11H2,1H3,(H,12,13). The Balaban J connectivity index is 2.50. The number of ether oxygens (including phenoxy) is 1. The van der Waals surface area contributed by atoms with Gasteiger partial charge in [-0.15, -0.1) is 0 Å². The van der Waals surface area contributed by atoms with Crippen molar-refractivity contribution < 1.29 is 14.6 Å². The molecule has 1 rings (SSSR count). The van der Waals surface area contributed by atoms with Crippen LogP contribution in [0.25, 0.3) is 0 Å². The minimum absolute atomic E-state index is 0.0772. The van der Waals surface area contributed by atoms with E-state index < -0.39 is 11.4 Å². The molecule has 0 aromatic carbocycles. The highest BCUT2D eigenvalue weighted by Crippen LogP contribution is 2.27. The predicted molar refractivity (Wildman–Crippen MR) is 53.0 cm³/mol. The topological polar surface area (TPSA) is 72.5 Å². The van der Waals surface area contributed by atoms with E-state index >= 15 is 0 Å². The van der Waals surface area contributed by atoms with Crippen molar-refractivity contribution >= 4 is 5.97 Å². The molecular formula is C10H19NO3. The lowest BCUT2D eigenvalue weighted by molar-refractivity contribution is -0.150. The minimum Gasteiger partial charge on any atom is -0.481 e. The number of aliphatic carboxylic acids is 1. The van der Waals surface area contributed by atoms with Crippen molar-refractivity contribution in [3.63, 3.8) is 0 Å². The molecule has 0 bridgehead atoms. The molecule has 0 saturated carbocycles. The normalized spacial score (nSPS) is 26.9. The highest BCUT2D eigenvalue weighted by atomic mass is 16.5. The van der Waals surface area contributed by atoms with Crippen LogP contribution in [0.2, 0.25) is 0 Å². The van der Waals surface area contributed by atoms with E-state index in [1.165, 1.54) is 0 Å². The van der Waals surface area contributed by atoms with Gasteiger partial charge in [-0.1, -0.05) is 0 Å². The lowest BCUT2D eigenvalue weighted by atomic mass is 9.83. The van der Waals surface area contributed by atoms with Crippen molar-refractivity contribution in [1.82, 2.24) is 0 Å². The van der Waals surface area contributed by atoms with Gasteiger partial charge in [0.15, 0.2) is 0 Å². The molecule has 2 atom stereocenters. The van der Waals surface area contributed by atoms with E-state index in [0.29, 0.717) is 6.42 Å². The monoisotopic (exact) mass is 201 g/mol. The molecule has 4 heteroatoms. The van der Waals surface area contributed by atoms with Crippen LogP contribution in [0.15, 0.2) is 0 Å². The number of rotatable bonds is 4. The zero-order chi connectivity index (χ0) is 10.6. The van der Waals surface area contributed by atoms with Crippen molar-refractivity contribution in [3.05, 3.63) is 0 Å². The molecule has 3 N–H and O–H groups in total. The van der Waals surface area contributed by atoms with Crippen LogP contribution in [0.5, 0.6) is 0 Å². The van der Waals surface area contributed by atoms with Crippen molar-refractivity contribution in [1.29, 1.82) is 0 Å². The van der Waals surface area contributed by atoms with Gasteiger partial charge in [-0.25, -0.2) is 0 Å². The van der Waals surface area contributed by atoms with Crippen molar-refractivity contribution in [2.24, 2.45) is 11.1 Å². The maximum Gasteiger partial charge on any atom is 0.310 e. The summed E-state index contributed by atoms with van der Waals surface area (Å²) in [5.74, 6) is -0.825. The quantitative estimate of drug-likeness (QED) is 0.711. The number of hydrogen-bond acceptors (Lipinski definition) is 3. The van der Waals surface area contributed by atoms with Crippen LogP contribution in [0, 0.1) is 5.41 Å². The Morgan fingerprint density at radius 2 is 2.36 bits per heavy atom. The van der Waals surface area contributed by atoms with Crippen LogP contribution in [0.1, 0.15) is 32.6 Å². The first-order chi connectivity index (χ1) is 6.58. The van der Waals surface area contributed by atoms with Gasteiger partial charge in [0, 0.05) is 13.2 Å². The van der Waals surface area contributed by atoms with E-state index in [9.17, 15) is 4.79 Å². The Kier molecular flexibility index (Phi) is 3.89. The number of carbonyl (C=O) groups is 1. The SMILES string of the molecule is CC(CN)(CC1CCCCO1)C(=O)O. The Morgan fingerprint density at radius 3 is 2.79 bits per heavy atom. The van der Waals surface area contributed by atoms with Crippen molar-refractivity contribution in [3.8, 4) is 0 Å². The molecule has 1 aliphatic rings. The summed E-state index contributed by atoms with van der Waals surface area (Å²) >= 11 is 0. The maximum atomic E-state index is 11.0. The molecule has 0 radical (unpaired) electrons. The Hall–Kier alpha value is -0.610. The van der Waals surface area contributed by atoms with Crippen LogP contribution in [0.4, 0.5) is 0 Å². The molecule has 0 aliphatic carbocycles. The molecule has 0 amide bonds. The van der Waals surface area contributed by atoms with Gasteiger partial charge in [-0.3, -0.25) is 4.79 Å². The largest absolute Gasteiger partial charge is 0.481 e. The smallest absolute Gasteiger partial charge is 0.310 e. The number of carboxylic acid groups (broad SMARTS) is 1. The minimum atomic E-state index is -0.831. The Bertz CT molecular complexity index is 202. The summed E-state index contributed by atoms with van der Waals surface area (Å²) in [7, 11) is 0. The number of hydrogen-bond donors (Lipinski definition) is 2. The van der Waals surface area contributed by atoms with Crippen molar-refractivity contribution in [2.45, 2.75) is 38.7 Å². The molecule has 1 fully saturated rings. The molecule has 4 nitrogen and oxygen atoms in total. The van der Waals surface area contributed by atoms with Gasteiger partial charge in [-0.2, -0.15) is 0 Å². The van der Waals surface area contributed by atoms with Gasteiger partial charge in [0.1, 0.15) is 0 Å². The highest BCUT2D eigenvalue weighted by Gasteiger charge is 2.35. The zero-order valence-corrected chi connectivity index (χ0v) is 8.66. The van der Waals surface area contributed by atoms with Gasteiger partial charge < -0.3 is 15.6 Å². The van der Waals surface area contributed by atoms with E-state index in [1.54, 1.807) is 6.92 Å². The fourth-order valence-corrected chi connectivity index (χ4v) is 1.73. The summed E-state index contributed by atoms with van der Waals surface area (Å²) in [6, 6.07) is 0. The second kappa shape index (κ2) is 4.75. The molecule has 0 spiro atoms. The maximum absolute atomic E-state index is 11.0. The predicted octanol–water partition coefficient (Wildman–Crippen LogP) is 0.995. The van der Waals surface area contributed by atoms with E-state index in [2.05, 4.69) is 0 Å². The van der Waals surface area contributed by atoms with Gasteiger partial charge >= 0.3 is 5.97 Å². The van der Waals surface area contributed by atoms with Gasteiger partial charge in [-0.05, 0) is 32.6 Å².